The van der Waals surface area contributed by atoms with E-state index in [-0.39, 0.29) is 17.2 Å². The molecular formula is C18H25N3O2S. The van der Waals surface area contributed by atoms with E-state index in [0.29, 0.717) is 18.7 Å². The van der Waals surface area contributed by atoms with Crippen LogP contribution in [0.3, 0.4) is 0 Å². The van der Waals surface area contributed by atoms with E-state index in [9.17, 15) is 9.59 Å². The highest BCUT2D eigenvalue weighted by atomic mass is 32.2. The molecule has 2 heterocycles. The quantitative estimate of drug-likeness (QED) is 0.803. The van der Waals surface area contributed by atoms with Gasteiger partial charge in [0.15, 0.2) is 0 Å². The van der Waals surface area contributed by atoms with Gasteiger partial charge in [0.1, 0.15) is 6.04 Å². The summed E-state index contributed by atoms with van der Waals surface area (Å²) in [5.74, 6) is 0.498. The molecule has 2 atom stereocenters. The van der Waals surface area contributed by atoms with E-state index >= 15 is 0 Å². The first-order chi connectivity index (χ1) is 11.5. The number of thioether (sulfide) groups is 1. The zero-order valence-electron chi connectivity index (χ0n) is 14.5. The minimum atomic E-state index is -0.396. The summed E-state index contributed by atoms with van der Waals surface area (Å²) < 4.78 is 0. The number of hydrogen-bond donors (Lipinski definition) is 1. The number of nitrogens with one attached hydrogen (secondary N) is 1. The lowest BCUT2D eigenvalue weighted by Gasteiger charge is -2.27. The summed E-state index contributed by atoms with van der Waals surface area (Å²) in [5.41, 5.74) is 1.89. The average molecular weight is 347 g/mol. The van der Waals surface area contributed by atoms with Crippen molar-refractivity contribution in [2.75, 3.05) is 12.3 Å². The molecule has 0 aromatic carbocycles. The summed E-state index contributed by atoms with van der Waals surface area (Å²) in [7, 11) is 0. The number of aromatic nitrogens is 1. The van der Waals surface area contributed by atoms with Gasteiger partial charge in [-0.15, -0.1) is 11.8 Å². The summed E-state index contributed by atoms with van der Waals surface area (Å²) in [6.45, 7) is 6.36. The molecule has 2 unspecified atom stereocenters. The van der Waals surface area contributed by atoms with Crippen molar-refractivity contribution in [1.82, 2.24) is 15.2 Å². The van der Waals surface area contributed by atoms with E-state index in [1.807, 2.05) is 39.0 Å². The standard InChI is InChI=1S/C18H25N3O2S/c1-4-17-21(16(22)11-13(2)3)15(12-24-17)18(23)20-10-8-14-7-5-6-9-19-14/h5-7,9,11,15,17H,4,8,10,12H2,1-3H3,(H,20,23). The maximum absolute atomic E-state index is 12.5. The van der Waals surface area contributed by atoms with E-state index in [4.69, 9.17) is 0 Å². The molecule has 1 aliphatic rings. The van der Waals surface area contributed by atoms with Crippen LogP contribution in [0.15, 0.2) is 36.0 Å². The van der Waals surface area contributed by atoms with Gasteiger partial charge in [0.05, 0.1) is 5.37 Å². The van der Waals surface area contributed by atoms with Gasteiger partial charge in [-0.2, -0.15) is 0 Å². The van der Waals surface area contributed by atoms with Crippen molar-refractivity contribution in [2.24, 2.45) is 0 Å². The Morgan fingerprint density at radius 2 is 2.21 bits per heavy atom. The Balaban J connectivity index is 1.96. The average Bonchev–Trinajstić information content (AvgIpc) is 2.99. The van der Waals surface area contributed by atoms with Gasteiger partial charge in [-0.05, 0) is 32.4 Å². The number of amides is 2. The van der Waals surface area contributed by atoms with E-state index in [1.165, 1.54) is 0 Å². The van der Waals surface area contributed by atoms with Crippen LogP contribution < -0.4 is 5.32 Å². The van der Waals surface area contributed by atoms with E-state index in [0.717, 1.165) is 17.7 Å². The van der Waals surface area contributed by atoms with Crippen LogP contribution in [0.4, 0.5) is 0 Å². The summed E-state index contributed by atoms with van der Waals surface area (Å²) in [4.78, 5) is 31.0. The molecule has 0 radical (unpaired) electrons. The van der Waals surface area contributed by atoms with Gasteiger partial charge in [0.2, 0.25) is 11.8 Å². The first-order valence-corrected chi connectivity index (χ1v) is 9.34. The third kappa shape index (κ3) is 4.84. The van der Waals surface area contributed by atoms with Crippen LogP contribution >= 0.6 is 11.8 Å². The van der Waals surface area contributed by atoms with Gasteiger partial charge in [0.25, 0.3) is 0 Å². The number of carbonyl (C=O) groups is 2. The molecule has 0 aliphatic carbocycles. The molecule has 1 N–H and O–H groups in total. The predicted octanol–water partition coefficient (Wildman–Crippen LogP) is 2.39. The highest BCUT2D eigenvalue weighted by molar-refractivity contribution is 8.00. The first-order valence-electron chi connectivity index (χ1n) is 8.29. The first kappa shape index (κ1) is 18.5. The molecule has 1 aliphatic heterocycles. The Morgan fingerprint density at radius 3 is 2.83 bits per heavy atom. The van der Waals surface area contributed by atoms with Crippen LogP contribution in [0, 0.1) is 0 Å². The maximum Gasteiger partial charge on any atom is 0.248 e. The molecule has 2 rings (SSSR count). The van der Waals surface area contributed by atoms with Crippen LogP contribution in [0.5, 0.6) is 0 Å². The molecule has 0 spiro atoms. The number of hydrogen-bond acceptors (Lipinski definition) is 4. The van der Waals surface area contributed by atoms with Crippen molar-refractivity contribution < 1.29 is 9.59 Å². The second-order valence-electron chi connectivity index (χ2n) is 6.04. The molecule has 24 heavy (non-hydrogen) atoms. The number of rotatable bonds is 6. The van der Waals surface area contributed by atoms with Gasteiger partial charge in [-0.1, -0.05) is 18.6 Å². The Bertz CT molecular complexity index is 600. The summed E-state index contributed by atoms with van der Waals surface area (Å²) in [6.07, 6.45) is 4.88. The van der Waals surface area contributed by atoms with Gasteiger partial charge in [-0.25, -0.2) is 0 Å². The second kappa shape index (κ2) is 8.87. The van der Waals surface area contributed by atoms with Gasteiger partial charge in [0, 0.05) is 36.7 Å². The number of pyridine rings is 1. The number of allylic oxidation sites excluding steroid dienone is 1. The van der Waals surface area contributed by atoms with E-state index < -0.39 is 6.04 Å². The van der Waals surface area contributed by atoms with Crippen molar-refractivity contribution in [3.63, 3.8) is 0 Å². The lowest BCUT2D eigenvalue weighted by molar-refractivity contribution is -0.136. The molecule has 6 heteroatoms. The number of nitrogens with zero attached hydrogens (tertiary/aromatic N) is 2. The molecule has 0 bridgehead atoms. The normalized spacial score (nSPS) is 19.9. The third-order valence-electron chi connectivity index (χ3n) is 3.82. The minimum Gasteiger partial charge on any atom is -0.354 e. The smallest absolute Gasteiger partial charge is 0.248 e. The molecule has 1 saturated heterocycles. The van der Waals surface area contributed by atoms with Crippen molar-refractivity contribution in [3.8, 4) is 0 Å². The molecule has 1 fully saturated rings. The third-order valence-corrected chi connectivity index (χ3v) is 5.27. The lowest BCUT2D eigenvalue weighted by atomic mass is 10.2. The van der Waals surface area contributed by atoms with Crippen molar-refractivity contribution >= 4 is 23.6 Å². The lowest BCUT2D eigenvalue weighted by Crippen LogP contribution is -2.49. The Kier molecular flexibility index (Phi) is 6.85. The van der Waals surface area contributed by atoms with Gasteiger partial charge >= 0.3 is 0 Å². The zero-order valence-corrected chi connectivity index (χ0v) is 15.3. The molecule has 130 valence electrons. The fourth-order valence-corrected chi connectivity index (χ4v) is 4.04. The van der Waals surface area contributed by atoms with Crippen molar-refractivity contribution in [2.45, 2.75) is 45.0 Å². The highest BCUT2D eigenvalue weighted by Gasteiger charge is 2.39. The van der Waals surface area contributed by atoms with Crippen LogP contribution in [-0.4, -0.2) is 45.4 Å². The fraction of sp³-hybridized carbons (Fsp3) is 0.500. The van der Waals surface area contributed by atoms with Crippen molar-refractivity contribution in [1.29, 1.82) is 0 Å². The molecule has 1 aromatic rings. The van der Waals surface area contributed by atoms with Gasteiger partial charge < -0.3 is 10.2 Å². The molecule has 5 nitrogen and oxygen atoms in total. The van der Waals surface area contributed by atoms with Crippen LogP contribution in [-0.2, 0) is 16.0 Å². The van der Waals surface area contributed by atoms with Gasteiger partial charge in [-0.3, -0.25) is 14.6 Å². The Labute approximate surface area is 147 Å². The summed E-state index contributed by atoms with van der Waals surface area (Å²) >= 11 is 1.67. The Morgan fingerprint density at radius 1 is 1.42 bits per heavy atom. The predicted molar refractivity (Wildman–Crippen MR) is 97.6 cm³/mol. The molecule has 0 saturated carbocycles. The monoisotopic (exact) mass is 347 g/mol. The highest BCUT2D eigenvalue weighted by Crippen LogP contribution is 2.31. The SMILES string of the molecule is CCC1SCC(C(=O)NCCc2ccccn2)N1C(=O)C=C(C)C. The van der Waals surface area contributed by atoms with Crippen molar-refractivity contribution in [3.05, 3.63) is 41.7 Å². The maximum atomic E-state index is 12.5. The largest absolute Gasteiger partial charge is 0.354 e. The van der Waals surface area contributed by atoms with Crippen LogP contribution in [0.2, 0.25) is 0 Å². The van der Waals surface area contributed by atoms with Crippen LogP contribution in [0.25, 0.3) is 0 Å². The summed E-state index contributed by atoms with van der Waals surface area (Å²) in [5, 5.41) is 3.02. The summed E-state index contributed by atoms with van der Waals surface area (Å²) in [6, 6.07) is 5.35. The second-order valence-corrected chi connectivity index (χ2v) is 7.25. The van der Waals surface area contributed by atoms with Crippen LogP contribution in [0.1, 0.15) is 32.9 Å². The molecular weight excluding hydrogens is 322 g/mol. The zero-order chi connectivity index (χ0) is 17.5. The minimum absolute atomic E-state index is 0.0691. The van der Waals surface area contributed by atoms with E-state index in [2.05, 4.69) is 10.3 Å². The Hall–Kier alpha value is -1.82. The topological polar surface area (TPSA) is 62.3 Å². The van der Waals surface area contributed by atoms with E-state index in [1.54, 1.807) is 28.9 Å². The molecule has 2 amide bonds. The molecule has 1 aromatic heterocycles. The fourth-order valence-electron chi connectivity index (χ4n) is 2.67. The number of carbonyl (C=O) groups excluding carboxylic acids is 2.